The summed E-state index contributed by atoms with van der Waals surface area (Å²) in [6.07, 6.45) is 6.25. The van der Waals surface area contributed by atoms with Gasteiger partial charge in [-0.3, -0.25) is 0 Å². The first-order valence-electron chi connectivity index (χ1n) is 5.02. The van der Waals surface area contributed by atoms with Crippen LogP contribution in [0.15, 0.2) is 12.3 Å². The van der Waals surface area contributed by atoms with E-state index in [-0.39, 0.29) is 6.10 Å². The number of hydrogen-bond donors (Lipinski definition) is 0. The summed E-state index contributed by atoms with van der Waals surface area (Å²) in [6, 6.07) is 3.60. The molecule has 0 atom stereocenters. The molecule has 15 heavy (non-hydrogen) atoms. The molecule has 0 aromatic carbocycles. The molecule has 1 fully saturated rings. The number of aromatic nitrogens is 1. The van der Waals surface area contributed by atoms with Gasteiger partial charge in [0.2, 0.25) is 5.88 Å². The predicted molar refractivity (Wildman–Crippen MR) is 56.8 cm³/mol. The smallest absolute Gasteiger partial charge is 0.234 e. The summed E-state index contributed by atoms with van der Waals surface area (Å²) in [5, 5.41) is 9.11. The molecule has 2 rings (SSSR count). The van der Waals surface area contributed by atoms with Gasteiger partial charge >= 0.3 is 0 Å². The molecule has 0 aliphatic heterocycles. The van der Waals surface area contributed by atoms with E-state index in [1.54, 1.807) is 12.3 Å². The Kier molecular flexibility index (Phi) is 3.08. The molecule has 1 aliphatic carbocycles. The van der Waals surface area contributed by atoms with Gasteiger partial charge in [0.05, 0.1) is 5.56 Å². The first-order valence-corrected chi connectivity index (χ1v) is 5.40. The van der Waals surface area contributed by atoms with Crippen molar-refractivity contribution >= 4 is 11.6 Å². The van der Waals surface area contributed by atoms with Crippen LogP contribution >= 0.6 is 11.6 Å². The first kappa shape index (κ1) is 10.3. The van der Waals surface area contributed by atoms with Gasteiger partial charge in [-0.25, -0.2) is 4.98 Å². The fraction of sp³-hybridized carbons (Fsp3) is 0.455. The maximum absolute atomic E-state index is 8.79. The van der Waals surface area contributed by atoms with Crippen LogP contribution in [-0.2, 0) is 0 Å². The van der Waals surface area contributed by atoms with E-state index >= 15 is 0 Å². The minimum Gasteiger partial charge on any atom is -0.473 e. The molecular weight excluding hydrogens is 212 g/mol. The Morgan fingerprint density at radius 1 is 1.47 bits per heavy atom. The molecule has 0 bridgehead atoms. The highest BCUT2D eigenvalue weighted by atomic mass is 35.5. The van der Waals surface area contributed by atoms with Gasteiger partial charge < -0.3 is 4.74 Å². The predicted octanol–water partition coefficient (Wildman–Crippen LogP) is 2.93. The molecule has 1 aromatic heterocycles. The molecule has 4 heteroatoms. The van der Waals surface area contributed by atoms with Crippen LogP contribution in [0.4, 0.5) is 0 Å². The van der Waals surface area contributed by atoms with Gasteiger partial charge in [0, 0.05) is 6.20 Å². The summed E-state index contributed by atoms with van der Waals surface area (Å²) < 4.78 is 5.65. The fourth-order valence-electron chi connectivity index (χ4n) is 1.76. The minimum atomic E-state index is 0.212. The van der Waals surface area contributed by atoms with Crippen LogP contribution in [0.2, 0.25) is 5.02 Å². The molecule has 0 amide bonds. The zero-order valence-electron chi connectivity index (χ0n) is 8.24. The van der Waals surface area contributed by atoms with E-state index < -0.39 is 0 Å². The molecule has 78 valence electrons. The van der Waals surface area contributed by atoms with Crippen molar-refractivity contribution in [2.24, 2.45) is 0 Å². The summed E-state index contributed by atoms with van der Waals surface area (Å²) in [5.41, 5.74) is 0.416. The number of nitrogens with zero attached hydrogens (tertiary/aromatic N) is 2. The number of hydrogen-bond acceptors (Lipinski definition) is 3. The second kappa shape index (κ2) is 4.50. The summed E-state index contributed by atoms with van der Waals surface area (Å²) in [4.78, 5) is 4.05. The van der Waals surface area contributed by atoms with E-state index in [9.17, 15) is 0 Å². The molecule has 0 N–H and O–H groups in total. The number of pyridine rings is 1. The van der Waals surface area contributed by atoms with Crippen LogP contribution in [-0.4, -0.2) is 11.1 Å². The molecule has 0 radical (unpaired) electrons. The second-order valence-electron chi connectivity index (χ2n) is 3.61. The van der Waals surface area contributed by atoms with E-state index in [2.05, 4.69) is 4.98 Å². The molecule has 0 unspecified atom stereocenters. The van der Waals surface area contributed by atoms with E-state index in [1.807, 2.05) is 6.07 Å². The van der Waals surface area contributed by atoms with Gasteiger partial charge in [0.1, 0.15) is 17.2 Å². The van der Waals surface area contributed by atoms with E-state index in [4.69, 9.17) is 21.6 Å². The summed E-state index contributed by atoms with van der Waals surface area (Å²) >= 11 is 5.98. The monoisotopic (exact) mass is 222 g/mol. The van der Waals surface area contributed by atoms with Crippen LogP contribution < -0.4 is 4.74 Å². The summed E-state index contributed by atoms with van der Waals surface area (Å²) in [7, 11) is 0. The zero-order chi connectivity index (χ0) is 10.7. The largest absolute Gasteiger partial charge is 0.473 e. The third-order valence-electron chi connectivity index (χ3n) is 2.56. The van der Waals surface area contributed by atoms with Crippen molar-refractivity contribution in [3.63, 3.8) is 0 Å². The highest BCUT2D eigenvalue weighted by Gasteiger charge is 2.19. The second-order valence-corrected chi connectivity index (χ2v) is 3.99. The van der Waals surface area contributed by atoms with E-state index in [0.29, 0.717) is 16.5 Å². The third kappa shape index (κ3) is 2.21. The molecule has 3 nitrogen and oxygen atoms in total. The van der Waals surface area contributed by atoms with Crippen molar-refractivity contribution in [1.29, 1.82) is 5.26 Å². The average Bonchev–Trinajstić information content (AvgIpc) is 2.74. The number of ether oxygens (including phenoxy) is 1. The quantitative estimate of drug-likeness (QED) is 0.773. The number of rotatable bonds is 2. The average molecular weight is 223 g/mol. The van der Waals surface area contributed by atoms with E-state index in [1.165, 1.54) is 12.8 Å². The Bertz CT molecular complexity index is 394. The summed E-state index contributed by atoms with van der Waals surface area (Å²) in [5.74, 6) is 0.391. The minimum absolute atomic E-state index is 0.212. The van der Waals surface area contributed by atoms with Crippen molar-refractivity contribution < 1.29 is 4.74 Å². The molecule has 0 saturated heterocycles. The first-order chi connectivity index (χ1) is 7.31. The van der Waals surface area contributed by atoms with Crippen LogP contribution in [0.25, 0.3) is 0 Å². The van der Waals surface area contributed by atoms with E-state index in [0.717, 1.165) is 12.8 Å². The molecule has 1 saturated carbocycles. The lowest BCUT2D eigenvalue weighted by atomic mass is 10.3. The summed E-state index contributed by atoms with van der Waals surface area (Å²) in [6.45, 7) is 0. The van der Waals surface area contributed by atoms with Crippen LogP contribution in [0.5, 0.6) is 5.88 Å². The van der Waals surface area contributed by atoms with Crippen LogP contribution in [0.1, 0.15) is 31.2 Å². The molecular formula is C11H11ClN2O. The van der Waals surface area contributed by atoms with Gasteiger partial charge in [-0.2, -0.15) is 5.26 Å². The van der Waals surface area contributed by atoms with Gasteiger partial charge in [-0.1, -0.05) is 11.6 Å². The van der Waals surface area contributed by atoms with Crippen LogP contribution in [0.3, 0.4) is 0 Å². The van der Waals surface area contributed by atoms with Crippen LogP contribution in [0, 0.1) is 11.3 Å². The fourth-order valence-corrected chi connectivity index (χ4v) is 1.96. The number of nitriles is 1. The zero-order valence-corrected chi connectivity index (χ0v) is 9.00. The Hall–Kier alpha value is -1.27. The molecule has 0 spiro atoms. The molecule has 1 aliphatic rings. The van der Waals surface area contributed by atoms with Gasteiger partial charge in [-0.05, 0) is 31.7 Å². The molecule has 1 heterocycles. The Balaban J connectivity index is 2.17. The topological polar surface area (TPSA) is 45.9 Å². The normalized spacial score (nSPS) is 16.3. The molecule has 1 aromatic rings. The van der Waals surface area contributed by atoms with Crippen molar-refractivity contribution in [1.82, 2.24) is 4.98 Å². The maximum atomic E-state index is 8.79. The van der Waals surface area contributed by atoms with Gasteiger partial charge in [-0.15, -0.1) is 0 Å². The Labute approximate surface area is 93.6 Å². The van der Waals surface area contributed by atoms with Gasteiger partial charge in [0.25, 0.3) is 0 Å². The lowest BCUT2D eigenvalue weighted by Crippen LogP contribution is -2.12. The standard InChI is InChI=1S/C11H11ClN2O/c12-10-8(7-13)5-6-14-11(10)15-9-3-1-2-4-9/h5-6,9H,1-4H2. The lowest BCUT2D eigenvalue weighted by Gasteiger charge is -2.13. The lowest BCUT2D eigenvalue weighted by molar-refractivity contribution is 0.201. The van der Waals surface area contributed by atoms with Crippen molar-refractivity contribution in [3.05, 3.63) is 22.8 Å². The maximum Gasteiger partial charge on any atom is 0.234 e. The Morgan fingerprint density at radius 2 is 2.20 bits per heavy atom. The third-order valence-corrected chi connectivity index (χ3v) is 2.92. The van der Waals surface area contributed by atoms with Crippen molar-refractivity contribution in [2.45, 2.75) is 31.8 Å². The highest BCUT2D eigenvalue weighted by Crippen LogP contribution is 2.29. The number of halogens is 1. The highest BCUT2D eigenvalue weighted by molar-refractivity contribution is 6.32. The van der Waals surface area contributed by atoms with Crippen molar-refractivity contribution in [3.8, 4) is 11.9 Å². The Morgan fingerprint density at radius 3 is 2.87 bits per heavy atom. The SMILES string of the molecule is N#Cc1ccnc(OC2CCCC2)c1Cl. The van der Waals surface area contributed by atoms with Crippen molar-refractivity contribution in [2.75, 3.05) is 0 Å². The van der Waals surface area contributed by atoms with Gasteiger partial charge in [0.15, 0.2) is 0 Å².